The molecule has 0 aliphatic carbocycles. The van der Waals surface area contributed by atoms with Gasteiger partial charge in [-0.3, -0.25) is 4.99 Å². The lowest BCUT2D eigenvalue weighted by molar-refractivity contribution is -0.141. The van der Waals surface area contributed by atoms with Crippen LogP contribution in [-0.4, -0.2) is 22.2 Å². The molecular formula is C19H13Cl2NO4. The van der Waals surface area contributed by atoms with E-state index in [1.54, 1.807) is 24.3 Å². The molecule has 0 bridgehead atoms. The molecule has 2 aromatic rings. The molecule has 1 aliphatic rings. The first-order valence-electron chi connectivity index (χ1n) is 7.51. The Morgan fingerprint density at radius 2 is 1.73 bits per heavy atom. The number of hydrogen-bond acceptors (Lipinski definition) is 3. The van der Waals surface area contributed by atoms with Crippen molar-refractivity contribution in [2.24, 2.45) is 4.99 Å². The lowest BCUT2D eigenvalue weighted by Crippen LogP contribution is -2.37. The van der Waals surface area contributed by atoms with Gasteiger partial charge in [-0.15, -0.1) is 0 Å². The van der Waals surface area contributed by atoms with Gasteiger partial charge in [0.15, 0.2) is 0 Å². The average Bonchev–Trinajstić information content (AvgIpc) is 2.90. The van der Waals surface area contributed by atoms with Gasteiger partial charge in [-0.25, -0.2) is 9.59 Å². The number of aliphatic carboxylic acids is 2. The van der Waals surface area contributed by atoms with Crippen LogP contribution in [0.4, 0.5) is 0 Å². The SMILES string of the molecule is C=C(C(=O)O)C1=c2c(Cl)cc(Cl)cc2=NC1(C(=O)O)c1ccc(C)cc1. The van der Waals surface area contributed by atoms with Gasteiger partial charge in [0.05, 0.1) is 16.0 Å². The Hall–Kier alpha value is -2.63. The second-order valence-electron chi connectivity index (χ2n) is 5.93. The molecule has 3 rings (SSSR count). The molecule has 26 heavy (non-hydrogen) atoms. The summed E-state index contributed by atoms with van der Waals surface area (Å²) in [7, 11) is 0. The molecule has 7 heteroatoms. The first kappa shape index (κ1) is 18.2. The van der Waals surface area contributed by atoms with Crippen LogP contribution >= 0.6 is 23.2 Å². The van der Waals surface area contributed by atoms with Gasteiger partial charge < -0.3 is 10.2 Å². The third-order valence-corrected chi connectivity index (χ3v) is 4.79. The van der Waals surface area contributed by atoms with E-state index >= 15 is 0 Å². The highest BCUT2D eigenvalue weighted by atomic mass is 35.5. The third kappa shape index (κ3) is 2.60. The summed E-state index contributed by atoms with van der Waals surface area (Å²) in [6.07, 6.45) is 0. The highest BCUT2D eigenvalue weighted by Crippen LogP contribution is 2.40. The summed E-state index contributed by atoms with van der Waals surface area (Å²) in [5.41, 5.74) is -1.21. The van der Waals surface area contributed by atoms with E-state index in [4.69, 9.17) is 23.2 Å². The van der Waals surface area contributed by atoms with Crippen LogP contribution in [0.3, 0.4) is 0 Å². The predicted molar refractivity (Wildman–Crippen MR) is 97.9 cm³/mol. The van der Waals surface area contributed by atoms with Crippen LogP contribution in [0, 0.1) is 6.92 Å². The molecule has 0 aromatic heterocycles. The lowest BCUT2D eigenvalue weighted by Gasteiger charge is -2.26. The zero-order valence-corrected chi connectivity index (χ0v) is 15.1. The fourth-order valence-electron chi connectivity index (χ4n) is 3.07. The quantitative estimate of drug-likeness (QED) is 0.786. The summed E-state index contributed by atoms with van der Waals surface area (Å²) < 4.78 is 0. The maximum Gasteiger partial charge on any atom is 0.341 e. The van der Waals surface area contributed by atoms with Crippen molar-refractivity contribution in [2.45, 2.75) is 12.5 Å². The normalized spacial score (nSPS) is 18.2. The molecule has 2 aromatic carbocycles. The maximum atomic E-state index is 12.4. The number of aryl methyl sites for hydroxylation is 1. The van der Waals surface area contributed by atoms with Crippen molar-refractivity contribution >= 4 is 40.7 Å². The summed E-state index contributed by atoms with van der Waals surface area (Å²) in [4.78, 5) is 28.4. The van der Waals surface area contributed by atoms with E-state index in [0.717, 1.165) is 5.56 Å². The second kappa shape index (κ2) is 6.27. The fraction of sp³-hybridized carbons (Fsp3) is 0.105. The molecule has 2 N–H and O–H groups in total. The number of rotatable bonds is 4. The Morgan fingerprint density at radius 1 is 1.12 bits per heavy atom. The predicted octanol–water partition coefficient (Wildman–Crippen LogP) is 2.71. The largest absolute Gasteiger partial charge is 0.479 e. The number of halogens is 2. The smallest absolute Gasteiger partial charge is 0.341 e. The van der Waals surface area contributed by atoms with Crippen molar-refractivity contribution in [1.29, 1.82) is 0 Å². The molecule has 132 valence electrons. The standard InChI is InChI=1S/C19H13Cl2NO4/c1-9-3-5-11(6-4-9)19(18(25)26)16(10(2)17(23)24)15-13(21)7-12(20)8-14(15)22-19/h3-8H,2H2,1H3,(H,23,24)(H,25,26). The van der Waals surface area contributed by atoms with Gasteiger partial charge in [-0.05, 0) is 24.6 Å². The summed E-state index contributed by atoms with van der Waals surface area (Å²) in [6.45, 7) is 5.42. The molecule has 5 nitrogen and oxygen atoms in total. The number of carboxylic acid groups (broad SMARTS) is 2. The van der Waals surface area contributed by atoms with Gasteiger partial charge in [0.2, 0.25) is 5.54 Å². The first-order chi connectivity index (χ1) is 12.2. The summed E-state index contributed by atoms with van der Waals surface area (Å²) >= 11 is 12.3. The van der Waals surface area contributed by atoms with E-state index < -0.39 is 17.5 Å². The summed E-state index contributed by atoms with van der Waals surface area (Å²) in [6, 6.07) is 9.53. The number of carboxylic acids is 2. The fourth-order valence-corrected chi connectivity index (χ4v) is 3.65. The zero-order chi connectivity index (χ0) is 19.2. The molecule has 1 aliphatic heterocycles. The number of benzene rings is 2. The molecule has 0 saturated carbocycles. The summed E-state index contributed by atoms with van der Waals surface area (Å²) in [5, 5.41) is 20.4. The van der Waals surface area contributed by atoms with E-state index in [0.29, 0.717) is 5.56 Å². The molecule has 1 unspecified atom stereocenters. The molecule has 1 atom stereocenters. The minimum Gasteiger partial charge on any atom is -0.479 e. The Balaban J connectivity index is 2.52. The topological polar surface area (TPSA) is 87.0 Å². The van der Waals surface area contributed by atoms with Gasteiger partial charge in [0, 0.05) is 15.8 Å². The Labute approximate surface area is 158 Å². The molecule has 0 spiro atoms. The van der Waals surface area contributed by atoms with Crippen LogP contribution in [0.25, 0.3) is 5.57 Å². The highest BCUT2D eigenvalue weighted by molar-refractivity contribution is 6.35. The van der Waals surface area contributed by atoms with E-state index in [9.17, 15) is 19.8 Å². The molecule has 0 saturated heterocycles. The van der Waals surface area contributed by atoms with Crippen LogP contribution in [0.2, 0.25) is 10.0 Å². The monoisotopic (exact) mass is 389 g/mol. The maximum absolute atomic E-state index is 12.4. The molecule has 1 heterocycles. The van der Waals surface area contributed by atoms with Crippen molar-refractivity contribution in [3.63, 3.8) is 0 Å². The number of carbonyl (C=O) groups is 2. The van der Waals surface area contributed by atoms with Crippen molar-refractivity contribution < 1.29 is 19.8 Å². The lowest BCUT2D eigenvalue weighted by atomic mass is 9.79. The minimum atomic E-state index is -1.97. The Morgan fingerprint density at radius 3 is 2.27 bits per heavy atom. The Bertz CT molecular complexity index is 1090. The van der Waals surface area contributed by atoms with E-state index in [1.807, 2.05) is 6.92 Å². The average molecular weight is 390 g/mol. The van der Waals surface area contributed by atoms with Gasteiger partial charge in [-0.2, -0.15) is 0 Å². The third-order valence-electron chi connectivity index (χ3n) is 4.27. The summed E-state index contributed by atoms with van der Waals surface area (Å²) in [5.74, 6) is -2.69. The van der Waals surface area contributed by atoms with Gasteiger partial charge >= 0.3 is 11.9 Å². The van der Waals surface area contributed by atoms with Gasteiger partial charge in [-0.1, -0.05) is 59.6 Å². The zero-order valence-electron chi connectivity index (χ0n) is 13.6. The van der Waals surface area contributed by atoms with Crippen LogP contribution in [0.15, 0.2) is 53.5 Å². The van der Waals surface area contributed by atoms with Crippen LogP contribution in [0.5, 0.6) is 0 Å². The van der Waals surface area contributed by atoms with E-state index in [2.05, 4.69) is 11.6 Å². The van der Waals surface area contributed by atoms with Crippen molar-refractivity contribution in [1.82, 2.24) is 0 Å². The molecule has 0 amide bonds. The number of hydrogen-bond donors (Lipinski definition) is 2. The van der Waals surface area contributed by atoms with Crippen LogP contribution in [-0.2, 0) is 15.1 Å². The van der Waals surface area contributed by atoms with E-state index in [1.165, 1.54) is 12.1 Å². The Kier molecular flexibility index (Phi) is 4.38. The molecular weight excluding hydrogens is 377 g/mol. The van der Waals surface area contributed by atoms with Gasteiger partial charge in [0.1, 0.15) is 0 Å². The van der Waals surface area contributed by atoms with Crippen LogP contribution in [0.1, 0.15) is 11.1 Å². The van der Waals surface area contributed by atoms with Crippen molar-refractivity contribution in [3.8, 4) is 0 Å². The number of nitrogens with zero attached hydrogens (tertiary/aromatic N) is 1. The van der Waals surface area contributed by atoms with Crippen LogP contribution < -0.4 is 10.6 Å². The second-order valence-corrected chi connectivity index (χ2v) is 6.78. The van der Waals surface area contributed by atoms with Crippen molar-refractivity contribution in [3.05, 3.63) is 80.3 Å². The van der Waals surface area contributed by atoms with Gasteiger partial charge in [0.25, 0.3) is 0 Å². The van der Waals surface area contributed by atoms with E-state index in [-0.39, 0.29) is 31.8 Å². The highest BCUT2D eigenvalue weighted by Gasteiger charge is 2.49. The molecule has 0 fully saturated rings. The van der Waals surface area contributed by atoms with Crippen molar-refractivity contribution in [2.75, 3.05) is 0 Å². The number of fused-ring (bicyclic) bond motifs is 1. The minimum absolute atomic E-state index is 0.0713. The first-order valence-corrected chi connectivity index (χ1v) is 8.27. The molecule has 0 radical (unpaired) electrons.